The maximum Gasteiger partial charge on any atom is 0.236 e. The van der Waals surface area contributed by atoms with Gasteiger partial charge in [-0.05, 0) is 43.4 Å². The lowest BCUT2D eigenvalue weighted by molar-refractivity contribution is -0.123. The van der Waals surface area contributed by atoms with E-state index in [4.69, 9.17) is 0 Å². The first-order valence-electron chi connectivity index (χ1n) is 8.32. The molecule has 1 aliphatic heterocycles. The number of sulfone groups is 1. The molecule has 1 aliphatic carbocycles. The molecule has 4 atom stereocenters. The van der Waals surface area contributed by atoms with Crippen molar-refractivity contribution in [1.82, 2.24) is 10.6 Å². The number of hydrogen-bond acceptors (Lipinski definition) is 4. The van der Waals surface area contributed by atoms with E-state index in [-0.39, 0.29) is 29.4 Å². The summed E-state index contributed by atoms with van der Waals surface area (Å²) in [5.74, 6) is 1.09. The second kappa shape index (κ2) is 6.48. The van der Waals surface area contributed by atoms with E-state index in [2.05, 4.69) is 31.4 Å². The number of rotatable bonds is 5. The van der Waals surface area contributed by atoms with Crippen LogP contribution in [0.4, 0.5) is 0 Å². The maximum atomic E-state index is 12.2. The normalized spacial score (nSPS) is 34.5. The van der Waals surface area contributed by atoms with Gasteiger partial charge in [-0.1, -0.05) is 20.8 Å². The van der Waals surface area contributed by atoms with Gasteiger partial charge in [0.1, 0.15) is 0 Å². The molecule has 0 aromatic carbocycles. The van der Waals surface area contributed by atoms with E-state index in [1.807, 2.05) is 6.92 Å². The second-order valence-electron chi connectivity index (χ2n) is 8.06. The van der Waals surface area contributed by atoms with Crippen molar-refractivity contribution in [3.05, 3.63) is 0 Å². The largest absolute Gasteiger partial charge is 0.354 e. The lowest BCUT2D eigenvalue weighted by atomic mass is 9.91. The van der Waals surface area contributed by atoms with E-state index in [9.17, 15) is 13.2 Å². The van der Waals surface area contributed by atoms with Gasteiger partial charge in [0.05, 0.1) is 17.5 Å². The minimum absolute atomic E-state index is 0.0267. The zero-order valence-corrected chi connectivity index (χ0v) is 15.0. The molecule has 128 valence electrons. The summed E-state index contributed by atoms with van der Waals surface area (Å²) < 4.78 is 22.8. The molecule has 2 N–H and O–H groups in total. The van der Waals surface area contributed by atoms with Crippen molar-refractivity contribution >= 4 is 15.7 Å². The molecule has 2 aliphatic rings. The number of carbonyl (C=O) groups excluding carboxylic acids is 1. The lowest BCUT2D eigenvalue weighted by Gasteiger charge is -2.23. The third kappa shape index (κ3) is 4.69. The van der Waals surface area contributed by atoms with Crippen molar-refractivity contribution in [1.29, 1.82) is 0 Å². The Hall–Kier alpha value is -0.620. The molecule has 1 amide bonds. The summed E-state index contributed by atoms with van der Waals surface area (Å²) in [5.41, 5.74) is 0.339. The highest BCUT2D eigenvalue weighted by molar-refractivity contribution is 7.91. The fraction of sp³-hybridized carbons (Fsp3) is 0.938. The van der Waals surface area contributed by atoms with Crippen molar-refractivity contribution in [3.63, 3.8) is 0 Å². The molecule has 2 fully saturated rings. The first-order chi connectivity index (χ1) is 10.1. The van der Waals surface area contributed by atoms with Crippen molar-refractivity contribution in [2.75, 3.05) is 18.1 Å². The van der Waals surface area contributed by atoms with Gasteiger partial charge in [0.15, 0.2) is 9.84 Å². The van der Waals surface area contributed by atoms with Crippen LogP contribution in [0.3, 0.4) is 0 Å². The highest BCUT2D eigenvalue weighted by atomic mass is 32.2. The van der Waals surface area contributed by atoms with E-state index in [1.165, 1.54) is 6.42 Å². The zero-order chi connectivity index (χ0) is 16.5. The summed E-state index contributed by atoms with van der Waals surface area (Å²) in [4.78, 5) is 12.2. The molecule has 0 unspecified atom stereocenters. The van der Waals surface area contributed by atoms with Crippen LogP contribution in [-0.2, 0) is 14.6 Å². The SMILES string of the molecule is C[C@H](N[C@@H]1CC(C)(C)C[C@H]1C)C(=O)NC[C@@H]1CCS(=O)(=O)C1. The van der Waals surface area contributed by atoms with Gasteiger partial charge in [0, 0.05) is 12.6 Å². The predicted octanol–water partition coefficient (Wildman–Crippen LogP) is 1.34. The fourth-order valence-corrected chi connectivity index (χ4v) is 5.81. The molecule has 0 radical (unpaired) electrons. The molecule has 0 spiro atoms. The minimum atomic E-state index is -2.87. The van der Waals surface area contributed by atoms with Crippen molar-refractivity contribution < 1.29 is 13.2 Å². The van der Waals surface area contributed by atoms with Crippen LogP contribution >= 0.6 is 0 Å². The van der Waals surface area contributed by atoms with Crippen molar-refractivity contribution in [2.24, 2.45) is 17.3 Å². The summed E-state index contributed by atoms with van der Waals surface area (Å²) in [6, 6.07) is 0.141. The number of hydrogen-bond donors (Lipinski definition) is 2. The van der Waals surface area contributed by atoms with Crippen LogP contribution in [0, 0.1) is 17.3 Å². The Kier molecular flexibility index (Phi) is 5.22. The van der Waals surface area contributed by atoms with Gasteiger partial charge in [-0.25, -0.2) is 8.42 Å². The van der Waals surface area contributed by atoms with Crippen LogP contribution in [0.25, 0.3) is 0 Å². The van der Waals surface area contributed by atoms with Gasteiger partial charge in [-0.3, -0.25) is 4.79 Å². The Balaban J connectivity index is 1.76. The van der Waals surface area contributed by atoms with E-state index in [0.29, 0.717) is 30.3 Å². The second-order valence-corrected chi connectivity index (χ2v) is 10.3. The highest BCUT2D eigenvalue weighted by Crippen LogP contribution is 2.40. The van der Waals surface area contributed by atoms with Crippen LogP contribution in [0.15, 0.2) is 0 Å². The molecular formula is C16H30N2O3S. The molecule has 6 heteroatoms. The summed E-state index contributed by atoms with van der Waals surface area (Å²) in [7, 11) is -2.87. The molecule has 0 aromatic heterocycles. The average Bonchev–Trinajstić information content (AvgIpc) is 2.85. The number of amides is 1. The predicted molar refractivity (Wildman–Crippen MR) is 88.3 cm³/mol. The molecule has 0 aromatic rings. The maximum absolute atomic E-state index is 12.2. The van der Waals surface area contributed by atoms with Crippen LogP contribution in [-0.4, -0.2) is 44.5 Å². The topological polar surface area (TPSA) is 75.3 Å². The quantitative estimate of drug-likeness (QED) is 0.798. The molecule has 5 nitrogen and oxygen atoms in total. The van der Waals surface area contributed by atoms with E-state index in [0.717, 1.165) is 6.42 Å². The van der Waals surface area contributed by atoms with Gasteiger partial charge in [0.25, 0.3) is 0 Å². The number of carbonyl (C=O) groups is 1. The van der Waals surface area contributed by atoms with E-state index in [1.54, 1.807) is 0 Å². The van der Waals surface area contributed by atoms with Gasteiger partial charge in [-0.15, -0.1) is 0 Å². The standard InChI is InChI=1S/C16H30N2O3S/c1-11-7-16(3,4)8-14(11)18-12(2)15(19)17-9-13-5-6-22(20,21)10-13/h11-14,18H,5-10H2,1-4H3,(H,17,19)/t11-,12+,13+,14-/m1/s1. The summed E-state index contributed by atoms with van der Waals surface area (Å²) in [5, 5.41) is 6.35. The Bertz CT molecular complexity index is 515. The Labute approximate surface area is 134 Å². The zero-order valence-electron chi connectivity index (χ0n) is 14.2. The lowest BCUT2D eigenvalue weighted by Crippen LogP contribution is -2.48. The Morgan fingerprint density at radius 2 is 2.00 bits per heavy atom. The van der Waals surface area contributed by atoms with Crippen LogP contribution < -0.4 is 10.6 Å². The number of nitrogens with one attached hydrogen (secondary N) is 2. The first kappa shape index (κ1) is 17.7. The average molecular weight is 330 g/mol. The fourth-order valence-electron chi connectivity index (χ4n) is 3.94. The highest BCUT2D eigenvalue weighted by Gasteiger charge is 2.37. The Morgan fingerprint density at radius 1 is 1.32 bits per heavy atom. The van der Waals surface area contributed by atoms with Crippen LogP contribution in [0.1, 0.15) is 47.0 Å². The van der Waals surface area contributed by atoms with E-state index >= 15 is 0 Å². The van der Waals surface area contributed by atoms with Gasteiger partial charge in [0.2, 0.25) is 5.91 Å². The third-order valence-corrected chi connectivity index (χ3v) is 6.92. The molecule has 1 saturated heterocycles. The monoisotopic (exact) mass is 330 g/mol. The molecular weight excluding hydrogens is 300 g/mol. The Morgan fingerprint density at radius 3 is 2.50 bits per heavy atom. The summed E-state index contributed by atoms with van der Waals surface area (Å²) in [6.45, 7) is 9.14. The molecule has 1 saturated carbocycles. The van der Waals surface area contributed by atoms with Gasteiger partial charge in [-0.2, -0.15) is 0 Å². The minimum Gasteiger partial charge on any atom is -0.354 e. The van der Waals surface area contributed by atoms with E-state index < -0.39 is 9.84 Å². The molecule has 0 bridgehead atoms. The van der Waals surface area contributed by atoms with Crippen molar-refractivity contribution in [3.8, 4) is 0 Å². The van der Waals surface area contributed by atoms with Gasteiger partial charge >= 0.3 is 0 Å². The molecule has 22 heavy (non-hydrogen) atoms. The first-order valence-corrected chi connectivity index (χ1v) is 10.1. The van der Waals surface area contributed by atoms with Crippen LogP contribution in [0.5, 0.6) is 0 Å². The summed E-state index contributed by atoms with van der Waals surface area (Å²) in [6.07, 6.45) is 2.93. The summed E-state index contributed by atoms with van der Waals surface area (Å²) >= 11 is 0. The van der Waals surface area contributed by atoms with Gasteiger partial charge < -0.3 is 10.6 Å². The molecule has 2 rings (SSSR count). The third-order valence-electron chi connectivity index (χ3n) is 5.08. The van der Waals surface area contributed by atoms with Crippen molar-refractivity contribution in [2.45, 2.75) is 59.0 Å². The van der Waals surface area contributed by atoms with Crippen LogP contribution in [0.2, 0.25) is 0 Å². The smallest absolute Gasteiger partial charge is 0.236 e. The molecule has 1 heterocycles.